The standard InChI is InChI=1S/C21H28FN5O2/c1-12-13(2)24-21(25-20(12)29)27-15(4)18(14(3)26-27)9-10-19(28)23-11-16-5-7-17(22)8-6-16/h5-8,12-13,21,24H,9-11H2,1-4H3,(H,23,28)(H,25,29). The molecule has 0 saturated carbocycles. The average Bonchev–Trinajstić information content (AvgIpc) is 2.97. The molecule has 1 aliphatic rings. The molecule has 0 aliphatic carbocycles. The number of benzene rings is 1. The van der Waals surface area contributed by atoms with Crippen LogP contribution in [0.5, 0.6) is 0 Å². The number of aryl methyl sites for hydroxylation is 1. The molecule has 1 aromatic carbocycles. The number of carbonyl (C=O) groups is 2. The number of hydrogen-bond donors (Lipinski definition) is 3. The molecule has 2 heterocycles. The van der Waals surface area contributed by atoms with Gasteiger partial charge < -0.3 is 10.6 Å². The predicted octanol–water partition coefficient (Wildman–Crippen LogP) is 2.09. The van der Waals surface area contributed by atoms with Crippen molar-refractivity contribution in [2.24, 2.45) is 5.92 Å². The van der Waals surface area contributed by atoms with Crippen molar-refractivity contribution in [2.75, 3.05) is 0 Å². The van der Waals surface area contributed by atoms with Gasteiger partial charge in [0.05, 0.1) is 11.6 Å². The van der Waals surface area contributed by atoms with Crippen LogP contribution < -0.4 is 16.0 Å². The van der Waals surface area contributed by atoms with Crippen LogP contribution in [0.25, 0.3) is 0 Å². The molecular weight excluding hydrogens is 373 g/mol. The Labute approximate surface area is 170 Å². The minimum atomic E-state index is -0.395. The summed E-state index contributed by atoms with van der Waals surface area (Å²) in [5.41, 5.74) is 3.62. The van der Waals surface area contributed by atoms with Crippen LogP contribution in [0, 0.1) is 25.6 Å². The monoisotopic (exact) mass is 401 g/mol. The molecule has 3 unspecified atom stereocenters. The van der Waals surface area contributed by atoms with E-state index in [0.29, 0.717) is 19.4 Å². The van der Waals surface area contributed by atoms with Crippen molar-refractivity contribution in [1.29, 1.82) is 0 Å². The summed E-state index contributed by atoms with van der Waals surface area (Å²) in [5.74, 6) is -0.481. The third-order valence-electron chi connectivity index (χ3n) is 5.59. The summed E-state index contributed by atoms with van der Waals surface area (Å²) in [7, 11) is 0. The first-order valence-corrected chi connectivity index (χ1v) is 9.88. The van der Waals surface area contributed by atoms with Crippen molar-refractivity contribution < 1.29 is 14.0 Å². The van der Waals surface area contributed by atoms with E-state index in [1.165, 1.54) is 12.1 Å². The fourth-order valence-electron chi connectivity index (χ4n) is 3.50. The SMILES string of the molecule is Cc1nn(C2NC(=O)C(C)C(C)N2)c(C)c1CCC(=O)NCc1ccc(F)cc1. The summed E-state index contributed by atoms with van der Waals surface area (Å²) in [6.07, 6.45) is 0.486. The highest BCUT2D eigenvalue weighted by atomic mass is 19.1. The van der Waals surface area contributed by atoms with Gasteiger partial charge in [0.25, 0.3) is 0 Å². The highest BCUT2D eigenvalue weighted by Crippen LogP contribution is 2.20. The van der Waals surface area contributed by atoms with E-state index < -0.39 is 6.29 Å². The first-order chi connectivity index (χ1) is 13.8. The number of rotatable bonds is 6. The first kappa shape index (κ1) is 21.0. The molecule has 3 atom stereocenters. The van der Waals surface area contributed by atoms with E-state index in [1.54, 1.807) is 16.8 Å². The van der Waals surface area contributed by atoms with E-state index in [4.69, 9.17) is 0 Å². The van der Waals surface area contributed by atoms with E-state index in [-0.39, 0.29) is 29.6 Å². The second-order valence-corrected chi connectivity index (χ2v) is 7.65. The van der Waals surface area contributed by atoms with Crippen molar-refractivity contribution in [3.63, 3.8) is 0 Å². The number of nitrogens with zero attached hydrogens (tertiary/aromatic N) is 2. The summed E-state index contributed by atoms with van der Waals surface area (Å²) < 4.78 is 14.7. The molecular formula is C21H28FN5O2. The van der Waals surface area contributed by atoms with E-state index in [1.807, 2.05) is 27.7 Å². The summed E-state index contributed by atoms with van der Waals surface area (Å²) in [6, 6.07) is 6.10. The Kier molecular flexibility index (Phi) is 6.32. The van der Waals surface area contributed by atoms with Crippen LogP contribution in [0.15, 0.2) is 24.3 Å². The molecule has 0 spiro atoms. The Hall–Kier alpha value is -2.74. The molecule has 29 heavy (non-hydrogen) atoms. The first-order valence-electron chi connectivity index (χ1n) is 9.88. The Bertz CT molecular complexity index is 893. The summed E-state index contributed by atoms with van der Waals surface area (Å²) in [5, 5.41) is 13.7. The van der Waals surface area contributed by atoms with E-state index in [2.05, 4.69) is 21.0 Å². The number of halogens is 1. The molecule has 1 saturated heterocycles. The molecule has 1 aromatic heterocycles. The molecule has 0 radical (unpaired) electrons. The Morgan fingerprint density at radius 1 is 1.24 bits per heavy atom. The van der Waals surface area contributed by atoms with Crippen LogP contribution in [0.1, 0.15) is 49.1 Å². The second kappa shape index (κ2) is 8.73. The Morgan fingerprint density at radius 3 is 2.59 bits per heavy atom. The molecule has 7 nitrogen and oxygen atoms in total. The molecule has 1 fully saturated rings. The predicted molar refractivity (Wildman–Crippen MR) is 107 cm³/mol. The van der Waals surface area contributed by atoms with Crippen LogP contribution in [0.2, 0.25) is 0 Å². The van der Waals surface area contributed by atoms with Crippen molar-refractivity contribution in [3.8, 4) is 0 Å². The quantitative estimate of drug-likeness (QED) is 0.692. The average molecular weight is 401 g/mol. The number of amides is 2. The van der Waals surface area contributed by atoms with Crippen molar-refractivity contribution >= 4 is 11.8 Å². The lowest BCUT2D eigenvalue weighted by Crippen LogP contribution is -2.57. The summed E-state index contributed by atoms with van der Waals surface area (Å²) >= 11 is 0. The zero-order chi connectivity index (χ0) is 21.1. The molecule has 1 aliphatic heterocycles. The molecule has 2 aromatic rings. The third kappa shape index (κ3) is 4.82. The van der Waals surface area contributed by atoms with Crippen molar-refractivity contribution in [1.82, 2.24) is 25.7 Å². The lowest BCUT2D eigenvalue weighted by molar-refractivity contribution is -0.130. The smallest absolute Gasteiger partial charge is 0.227 e. The number of nitrogens with one attached hydrogen (secondary N) is 3. The van der Waals surface area contributed by atoms with Gasteiger partial charge in [-0.05, 0) is 50.5 Å². The van der Waals surface area contributed by atoms with Gasteiger partial charge in [-0.25, -0.2) is 9.07 Å². The molecule has 8 heteroatoms. The van der Waals surface area contributed by atoms with Crippen LogP contribution in [-0.2, 0) is 22.6 Å². The van der Waals surface area contributed by atoms with Crippen LogP contribution >= 0.6 is 0 Å². The third-order valence-corrected chi connectivity index (χ3v) is 5.59. The zero-order valence-electron chi connectivity index (χ0n) is 17.3. The van der Waals surface area contributed by atoms with E-state index >= 15 is 0 Å². The van der Waals surface area contributed by atoms with Crippen molar-refractivity contribution in [2.45, 2.75) is 59.4 Å². The molecule has 2 amide bonds. The van der Waals surface area contributed by atoms with Crippen LogP contribution in [0.4, 0.5) is 4.39 Å². The highest BCUT2D eigenvalue weighted by molar-refractivity contribution is 5.79. The lowest BCUT2D eigenvalue weighted by Gasteiger charge is -2.34. The topological polar surface area (TPSA) is 88.1 Å². The van der Waals surface area contributed by atoms with Gasteiger partial charge in [0, 0.05) is 24.7 Å². The summed E-state index contributed by atoms with van der Waals surface area (Å²) in [6.45, 7) is 8.09. The maximum absolute atomic E-state index is 12.9. The molecule has 3 rings (SSSR count). The fourth-order valence-corrected chi connectivity index (χ4v) is 3.50. The Balaban J connectivity index is 1.59. The molecule has 3 N–H and O–H groups in total. The minimum absolute atomic E-state index is 0.00414. The number of carbonyl (C=O) groups excluding carboxylic acids is 2. The van der Waals surface area contributed by atoms with Gasteiger partial charge in [-0.2, -0.15) is 5.10 Å². The maximum Gasteiger partial charge on any atom is 0.227 e. The van der Waals surface area contributed by atoms with Gasteiger partial charge in [0.15, 0.2) is 6.29 Å². The maximum atomic E-state index is 12.9. The molecule has 0 bridgehead atoms. The fraction of sp³-hybridized carbons (Fsp3) is 0.476. The zero-order valence-corrected chi connectivity index (χ0v) is 17.3. The van der Waals surface area contributed by atoms with Crippen LogP contribution in [0.3, 0.4) is 0 Å². The largest absolute Gasteiger partial charge is 0.352 e. The van der Waals surface area contributed by atoms with Gasteiger partial charge in [-0.3, -0.25) is 14.9 Å². The van der Waals surface area contributed by atoms with Crippen molar-refractivity contribution in [3.05, 3.63) is 52.6 Å². The Morgan fingerprint density at radius 2 is 1.93 bits per heavy atom. The summed E-state index contributed by atoms with van der Waals surface area (Å²) in [4.78, 5) is 24.4. The number of aromatic nitrogens is 2. The van der Waals surface area contributed by atoms with Gasteiger partial charge in [0.1, 0.15) is 5.82 Å². The second-order valence-electron chi connectivity index (χ2n) is 7.65. The van der Waals surface area contributed by atoms with E-state index in [9.17, 15) is 14.0 Å². The number of hydrogen-bond acceptors (Lipinski definition) is 4. The van der Waals surface area contributed by atoms with Gasteiger partial charge >= 0.3 is 0 Å². The normalized spacial score (nSPS) is 21.7. The molecule has 156 valence electrons. The van der Waals surface area contributed by atoms with Gasteiger partial charge in [-0.15, -0.1) is 0 Å². The van der Waals surface area contributed by atoms with Crippen LogP contribution in [-0.4, -0.2) is 27.6 Å². The van der Waals surface area contributed by atoms with E-state index in [0.717, 1.165) is 22.5 Å². The minimum Gasteiger partial charge on any atom is -0.352 e. The van der Waals surface area contributed by atoms with Gasteiger partial charge in [-0.1, -0.05) is 19.1 Å². The lowest BCUT2D eigenvalue weighted by atomic mass is 10.0. The van der Waals surface area contributed by atoms with Gasteiger partial charge in [0.2, 0.25) is 11.8 Å². The highest BCUT2D eigenvalue weighted by Gasteiger charge is 2.32.